The molecule has 1 saturated heterocycles. The van der Waals surface area contributed by atoms with E-state index in [-0.39, 0.29) is 5.69 Å². The molecule has 25 heavy (non-hydrogen) atoms. The van der Waals surface area contributed by atoms with Crippen molar-refractivity contribution in [1.29, 1.82) is 0 Å². The normalized spacial score (nSPS) is 15.9. The second-order valence-electron chi connectivity index (χ2n) is 6.76. The van der Waals surface area contributed by atoms with E-state index in [1.54, 1.807) is 12.3 Å². The van der Waals surface area contributed by atoms with Crippen molar-refractivity contribution in [2.75, 3.05) is 18.4 Å². The number of anilines is 1. The van der Waals surface area contributed by atoms with Gasteiger partial charge in [0, 0.05) is 25.4 Å². The Kier molecular flexibility index (Phi) is 5.60. The van der Waals surface area contributed by atoms with Crippen LogP contribution < -0.4 is 5.32 Å². The van der Waals surface area contributed by atoms with Crippen LogP contribution in [0.4, 0.5) is 11.5 Å². The lowest BCUT2D eigenvalue weighted by atomic mass is 9.99. The van der Waals surface area contributed by atoms with Gasteiger partial charge in [0.1, 0.15) is 0 Å². The van der Waals surface area contributed by atoms with Gasteiger partial charge in [0.25, 0.3) is 0 Å². The van der Waals surface area contributed by atoms with Crippen LogP contribution in [0.25, 0.3) is 0 Å². The minimum absolute atomic E-state index is 0.00144. The van der Waals surface area contributed by atoms with Crippen molar-refractivity contribution < 1.29 is 4.92 Å². The monoisotopic (exact) mass is 340 g/mol. The Balaban J connectivity index is 1.55. The number of pyridine rings is 1. The first kappa shape index (κ1) is 17.4. The van der Waals surface area contributed by atoms with Crippen molar-refractivity contribution in [2.45, 2.75) is 32.9 Å². The van der Waals surface area contributed by atoms with Crippen LogP contribution in [0.2, 0.25) is 0 Å². The van der Waals surface area contributed by atoms with E-state index < -0.39 is 4.92 Å². The second-order valence-corrected chi connectivity index (χ2v) is 6.76. The molecule has 2 heterocycles. The molecule has 0 saturated carbocycles. The highest BCUT2D eigenvalue weighted by molar-refractivity contribution is 5.55. The highest BCUT2D eigenvalue weighted by Crippen LogP contribution is 2.21. The Labute approximate surface area is 148 Å². The topological polar surface area (TPSA) is 71.3 Å². The molecule has 6 nitrogen and oxygen atoms in total. The standard InChI is InChI=1S/C19H24N4O2/c1-15-8-11-22(12-9-15)14-17-6-4-16(5-7-17)13-21-19-18(23(24)25)3-2-10-20-19/h2-7,10,15H,8-9,11-14H2,1H3,(H,20,21). The van der Waals surface area contributed by atoms with Gasteiger partial charge in [-0.25, -0.2) is 4.98 Å². The maximum absolute atomic E-state index is 11.0. The van der Waals surface area contributed by atoms with E-state index in [1.807, 2.05) is 0 Å². The van der Waals surface area contributed by atoms with Gasteiger partial charge in [-0.3, -0.25) is 15.0 Å². The summed E-state index contributed by atoms with van der Waals surface area (Å²) in [6.45, 7) is 6.18. The molecule has 1 aliphatic rings. The van der Waals surface area contributed by atoms with Gasteiger partial charge in [-0.2, -0.15) is 0 Å². The number of hydrogen-bond acceptors (Lipinski definition) is 5. The van der Waals surface area contributed by atoms with Crippen molar-refractivity contribution in [3.05, 3.63) is 63.8 Å². The zero-order chi connectivity index (χ0) is 17.6. The molecule has 6 heteroatoms. The summed E-state index contributed by atoms with van der Waals surface area (Å²) in [6.07, 6.45) is 4.12. The minimum atomic E-state index is -0.419. The van der Waals surface area contributed by atoms with Crippen molar-refractivity contribution in [1.82, 2.24) is 9.88 Å². The zero-order valence-corrected chi connectivity index (χ0v) is 14.5. The van der Waals surface area contributed by atoms with E-state index >= 15 is 0 Å². The van der Waals surface area contributed by atoms with Crippen molar-refractivity contribution in [3.8, 4) is 0 Å². The molecule has 3 rings (SSSR count). The van der Waals surface area contributed by atoms with Crippen LogP contribution in [0, 0.1) is 16.0 Å². The lowest BCUT2D eigenvalue weighted by Gasteiger charge is -2.30. The summed E-state index contributed by atoms with van der Waals surface area (Å²) in [5.41, 5.74) is 2.39. The summed E-state index contributed by atoms with van der Waals surface area (Å²) in [7, 11) is 0. The maximum atomic E-state index is 11.0. The van der Waals surface area contributed by atoms with Crippen molar-refractivity contribution in [3.63, 3.8) is 0 Å². The SMILES string of the molecule is CC1CCN(Cc2ccc(CNc3ncccc3[N+](=O)[O-])cc2)CC1. The van der Waals surface area contributed by atoms with Gasteiger partial charge in [0.2, 0.25) is 5.82 Å². The third-order valence-electron chi connectivity index (χ3n) is 4.75. The highest BCUT2D eigenvalue weighted by atomic mass is 16.6. The summed E-state index contributed by atoms with van der Waals surface area (Å²) >= 11 is 0. The first-order valence-corrected chi connectivity index (χ1v) is 8.75. The van der Waals surface area contributed by atoms with Gasteiger partial charge in [-0.15, -0.1) is 0 Å². The largest absolute Gasteiger partial charge is 0.360 e. The lowest BCUT2D eigenvalue weighted by molar-refractivity contribution is -0.384. The number of nitro groups is 1. The summed E-state index contributed by atoms with van der Waals surface area (Å²) in [4.78, 5) is 17.2. The van der Waals surface area contributed by atoms with Crippen molar-refractivity contribution >= 4 is 11.5 Å². The lowest BCUT2D eigenvalue weighted by Crippen LogP contribution is -2.32. The summed E-state index contributed by atoms with van der Waals surface area (Å²) in [5.74, 6) is 1.15. The first-order chi connectivity index (χ1) is 12.1. The number of likely N-dealkylation sites (tertiary alicyclic amines) is 1. The fourth-order valence-electron chi connectivity index (χ4n) is 3.11. The van der Waals surface area contributed by atoms with Crippen LogP contribution in [0.3, 0.4) is 0 Å². The summed E-state index contributed by atoms with van der Waals surface area (Å²) in [6, 6.07) is 11.5. The van der Waals surface area contributed by atoms with E-state index in [2.05, 4.69) is 46.4 Å². The summed E-state index contributed by atoms with van der Waals surface area (Å²) in [5, 5.41) is 14.1. The molecule has 1 aromatic heterocycles. The summed E-state index contributed by atoms with van der Waals surface area (Å²) < 4.78 is 0. The minimum Gasteiger partial charge on any atom is -0.360 e. The number of nitrogens with one attached hydrogen (secondary N) is 1. The Morgan fingerprint density at radius 2 is 1.88 bits per heavy atom. The second kappa shape index (κ2) is 8.07. The number of hydrogen-bond donors (Lipinski definition) is 1. The molecule has 0 radical (unpaired) electrons. The van der Waals surface area contributed by atoms with Gasteiger partial charge in [0.05, 0.1) is 4.92 Å². The molecule has 132 valence electrons. The van der Waals surface area contributed by atoms with Crippen LogP contribution in [-0.2, 0) is 13.1 Å². The Bertz CT molecular complexity index is 710. The third-order valence-corrected chi connectivity index (χ3v) is 4.75. The molecule has 1 aliphatic heterocycles. The Morgan fingerprint density at radius 3 is 2.56 bits per heavy atom. The van der Waals surface area contributed by atoms with Gasteiger partial charge >= 0.3 is 5.69 Å². The molecule has 1 N–H and O–H groups in total. The molecular weight excluding hydrogens is 316 g/mol. The average molecular weight is 340 g/mol. The molecular formula is C19H24N4O2. The molecule has 0 unspecified atom stereocenters. The maximum Gasteiger partial charge on any atom is 0.311 e. The molecule has 2 aromatic rings. The van der Waals surface area contributed by atoms with Crippen LogP contribution in [0.15, 0.2) is 42.6 Å². The fourth-order valence-corrected chi connectivity index (χ4v) is 3.11. The fraction of sp³-hybridized carbons (Fsp3) is 0.421. The van der Waals surface area contributed by atoms with Crippen LogP contribution in [0.1, 0.15) is 30.9 Å². The Morgan fingerprint density at radius 1 is 1.20 bits per heavy atom. The highest BCUT2D eigenvalue weighted by Gasteiger charge is 2.16. The molecule has 0 amide bonds. The van der Waals surface area contributed by atoms with E-state index in [0.29, 0.717) is 12.4 Å². The molecule has 0 bridgehead atoms. The number of benzene rings is 1. The van der Waals surface area contributed by atoms with Crippen LogP contribution in [-0.4, -0.2) is 27.9 Å². The first-order valence-electron chi connectivity index (χ1n) is 8.75. The van der Waals surface area contributed by atoms with E-state index in [9.17, 15) is 10.1 Å². The zero-order valence-electron chi connectivity index (χ0n) is 14.5. The smallest absolute Gasteiger partial charge is 0.311 e. The average Bonchev–Trinajstić information content (AvgIpc) is 2.63. The van der Waals surface area contributed by atoms with E-state index in [0.717, 1.165) is 18.0 Å². The molecule has 1 aromatic carbocycles. The predicted molar refractivity (Wildman–Crippen MR) is 98.3 cm³/mol. The number of rotatable bonds is 6. The predicted octanol–water partition coefficient (Wildman–Crippen LogP) is 3.83. The molecule has 0 spiro atoms. The van der Waals surface area contributed by atoms with Crippen LogP contribution >= 0.6 is 0 Å². The van der Waals surface area contributed by atoms with E-state index in [1.165, 1.54) is 37.6 Å². The van der Waals surface area contributed by atoms with Gasteiger partial charge < -0.3 is 5.32 Å². The molecule has 0 atom stereocenters. The number of nitrogens with zero attached hydrogens (tertiary/aromatic N) is 3. The van der Waals surface area contributed by atoms with Gasteiger partial charge in [0.15, 0.2) is 0 Å². The number of piperidine rings is 1. The molecule has 0 aliphatic carbocycles. The van der Waals surface area contributed by atoms with E-state index in [4.69, 9.17) is 0 Å². The van der Waals surface area contributed by atoms with Crippen LogP contribution in [0.5, 0.6) is 0 Å². The third kappa shape index (κ3) is 4.76. The quantitative estimate of drug-likeness (QED) is 0.639. The van der Waals surface area contributed by atoms with Gasteiger partial charge in [-0.1, -0.05) is 31.2 Å². The Hall–Kier alpha value is -2.47. The van der Waals surface area contributed by atoms with Crippen molar-refractivity contribution in [2.24, 2.45) is 5.92 Å². The van der Waals surface area contributed by atoms with Gasteiger partial charge in [-0.05, 0) is 49.0 Å². The molecule has 1 fully saturated rings. The number of aromatic nitrogens is 1.